The molecule has 0 aliphatic heterocycles. The summed E-state index contributed by atoms with van der Waals surface area (Å²) in [6, 6.07) is 170. The fourth-order valence-electron chi connectivity index (χ4n) is 18.8. The molecule has 0 spiro atoms. The molecule has 0 N–H and O–H groups in total. The molecule has 25 rings (SSSR count). The van der Waals surface area contributed by atoms with Crippen molar-refractivity contribution in [3.8, 4) is 72.9 Å². The van der Waals surface area contributed by atoms with Crippen LogP contribution in [0.3, 0.4) is 0 Å². The minimum absolute atomic E-state index is 1.18. The summed E-state index contributed by atoms with van der Waals surface area (Å²) in [4.78, 5) is 0. The molecule has 0 fully saturated rings. The summed E-state index contributed by atoms with van der Waals surface area (Å²) in [6.45, 7) is 10.7. The minimum atomic E-state index is 1.18. The van der Waals surface area contributed by atoms with E-state index in [1.165, 1.54) is 221 Å². The van der Waals surface area contributed by atoms with Gasteiger partial charge in [-0.05, 0) is 240 Å². The molecule has 0 amide bonds. The number of rotatable bonds is 9. The molecule has 25 aromatic rings. The van der Waals surface area contributed by atoms with E-state index in [1.54, 1.807) is 0 Å². The molecular weight excluding hydrogens is 1550 g/mol. The van der Waals surface area contributed by atoms with Gasteiger partial charge in [0.2, 0.25) is 0 Å². The van der Waals surface area contributed by atoms with Gasteiger partial charge in [0.15, 0.2) is 0 Å². The second-order valence-electron chi connectivity index (χ2n) is 33.6. The first-order valence-corrected chi connectivity index (χ1v) is 44.2. The summed E-state index contributed by atoms with van der Waals surface area (Å²) >= 11 is 0. The monoisotopic (exact) mass is 1640 g/mol. The standard InChI is InChI=1S/C31H23N.2C25H19N.C23H17N.C19H15N/c1-22-16-17-29-28-14-8-9-15-30(28)32(31(29)18-22)27-20-25(23-10-4-2-5-11-23)19-26(21-27)24-12-6-3-7-13-24;1-18-12-14-22-23-15-13-20(19-8-4-2-5-9-19)17-25(23)26(24(22)16-18)21-10-6-3-7-11-21;1-18-11-16-23-22-9-5-6-10-24(22)26(25(23)17-18)21-14-12-20(13-15-21)19-7-3-2-4-8-19;1-16-10-13-21-20-8-4-5-9-22(20)24(23(21)14-16)19-12-11-17-6-2-3-7-18(17)15-19;1-14-10-12-15(13-11-14)20-18-8-4-2-6-16(18)17-7-3-5-9-19(17)20/h2-21H,1H3;2*2-17H,1H3;2-15H,1H3;2-13H,1H3. The van der Waals surface area contributed by atoms with E-state index in [9.17, 15) is 0 Å². The lowest BCUT2D eigenvalue weighted by molar-refractivity contribution is 1.17. The van der Waals surface area contributed by atoms with E-state index in [1.807, 2.05) is 0 Å². The zero-order valence-electron chi connectivity index (χ0n) is 72.3. The third kappa shape index (κ3) is 15.2. The Morgan fingerprint density at radius 1 is 0.117 bits per heavy atom. The maximum Gasteiger partial charge on any atom is 0.0547 e. The van der Waals surface area contributed by atoms with Crippen molar-refractivity contribution in [2.24, 2.45) is 0 Å². The number of aryl methyl sites for hydroxylation is 5. The highest BCUT2D eigenvalue weighted by Crippen LogP contribution is 2.42. The van der Waals surface area contributed by atoms with Crippen LogP contribution in [0.4, 0.5) is 0 Å². The minimum Gasteiger partial charge on any atom is -0.309 e. The van der Waals surface area contributed by atoms with Crippen LogP contribution in [-0.4, -0.2) is 22.8 Å². The first kappa shape index (κ1) is 78.9. The molecule has 0 aliphatic carbocycles. The Labute approximate surface area is 746 Å². The summed E-state index contributed by atoms with van der Waals surface area (Å²) in [5.41, 5.74) is 34.8. The van der Waals surface area contributed by atoms with Gasteiger partial charge in [0.25, 0.3) is 0 Å². The predicted octanol–water partition coefficient (Wildman–Crippen LogP) is 33.3. The van der Waals surface area contributed by atoms with E-state index in [0.717, 1.165) is 0 Å². The Hall–Kier alpha value is -16.3. The summed E-state index contributed by atoms with van der Waals surface area (Å²) in [5, 5.41) is 15.6. The number of benzene rings is 20. The van der Waals surface area contributed by atoms with Crippen LogP contribution >= 0.6 is 0 Å². The van der Waals surface area contributed by atoms with Crippen LogP contribution in [0.15, 0.2) is 473 Å². The molecular formula is C123H93N5. The van der Waals surface area contributed by atoms with Crippen LogP contribution in [0.5, 0.6) is 0 Å². The molecule has 0 unspecified atom stereocenters. The molecule has 128 heavy (non-hydrogen) atoms. The second-order valence-corrected chi connectivity index (χ2v) is 33.6. The SMILES string of the molecule is Cc1ccc(-n2c3ccccc3c3ccccc32)cc1.Cc1ccc2c3ccc(-c4ccccc4)cc3n(-c3ccccc3)c2c1.Cc1ccc2c3ccccc3n(-c3cc(-c4ccccc4)cc(-c4ccccc4)c3)c2c1.Cc1ccc2c3ccccc3n(-c3ccc(-c4ccccc4)cc3)c2c1.Cc1ccc2c3ccccc3n(-c3ccc4ccccc4c3)c2c1. The third-order valence-corrected chi connectivity index (χ3v) is 25.0. The van der Waals surface area contributed by atoms with E-state index >= 15 is 0 Å². The molecule has 0 atom stereocenters. The van der Waals surface area contributed by atoms with Gasteiger partial charge in [-0.25, -0.2) is 0 Å². The van der Waals surface area contributed by atoms with Gasteiger partial charge in [-0.15, -0.1) is 0 Å². The molecule has 0 aliphatic rings. The van der Waals surface area contributed by atoms with Crippen molar-refractivity contribution in [2.45, 2.75) is 34.6 Å². The molecule has 610 valence electrons. The van der Waals surface area contributed by atoms with Gasteiger partial charge in [0, 0.05) is 82.3 Å². The number of fused-ring (bicyclic) bond motifs is 16. The lowest BCUT2D eigenvalue weighted by Crippen LogP contribution is -1.96. The van der Waals surface area contributed by atoms with E-state index in [0.29, 0.717) is 0 Å². The Bertz CT molecular complexity index is 8270. The third-order valence-electron chi connectivity index (χ3n) is 25.0. The highest BCUT2D eigenvalue weighted by Gasteiger charge is 2.20. The lowest BCUT2D eigenvalue weighted by Gasteiger charge is -2.14. The Morgan fingerprint density at radius 2 is 0.359 bits per heavy atom. The number of hydrogen-bond donors (Lipinski definition) is 0. The van der Waals surface area contributed by atoms with Crippen molar-refractivity contribution in [1.82, 2.24) is 22.8 Å². The Balaban J connectivity index is 0.0000000979. The fraction of sp³-hybridized carbons (Fsp3) is 0.0407. The van der Waals surface area contributed by atoms with Gasteiger partial charge in [-0.1, -0.05) is 351 Å². The van der Waals surface area contributed by atoms with E-state index < -0.39 is 0 Å². The molecule has 0 saturated carbocycles. The normalized spacial score (nSPS) is 11.3. The molecule has 0 bridgehead atoms. The van der Waals surface area contributed by atoms with E-state index in [-0.39, 0.29) is 0 Å². The van der Waals surface area contributed by atoms with Crippen LogP contribution in [0.2, 0.25) is 0 Å². The fourth-order valence-corrected chi connectivity index (χ4v) is 18.8. The number of para-hydroxylation sites is 6. The van der Waals surface area contributed by atoms with Crippen LogP contribution in [0, 0.1) is 34.6 Å². The molecule has 5 heteroatoms. The summed E-state index contributed by atoms with van der Waals surface area (Å²) in [7, 11) is 0. The average molecular weight is 1640 g/mol. The van der Waals surface area contributed by atoms with Gasteiger partial charge in [-0.2, -0.15) is 0 Å². The topological polar surface area (TPSA) is 24.6 Å². The molecule has 5 nitrogen and oxygen atoms in total. The molecule has 0 saturated heterocycles. The van der Waals surface area contributed by atoms with Crippen molar-refractivity contribution in [3.05, 3.63) is 501 Å². The Kier molecular flexibility index (Phi) is 21.2. The highest BCUT2D eigenvalue weighted by atomic mass is 15.0. The summed E-state index contributed by atoms with van der Waals surface area (Å²) < 4.78 is 11.9. The zero-order chi connectivity index (χ0) is 86.1. The van der Waals surface area contributed by atoms with Crippen LogP contribution < -0.4 is 0 Å². The maximum atomic E-state index is 2.41. The van der Waals surface area contributed by atoms with Gasteiger partial charge >= 0.3 is 0 Å². The van der Waals surface area contributed by atoms with Gasteiger partial charge in [-0.3, -0.25) is 0 Å². The van der Waals surface area contributed by atoms with Crippen molar-refractivity contribution in [2.75, 3.05) is 0 Å². The maximum absolute atomic E-state index is 2.41. The quantitative estimate of drug-likeness (QED) is 0.138. The van der Waals surface area contributed by atoms with Gasteiger partial charge in [0.1, 0.15) is 0 Å². The largest absolute Gasteiger partial charge is 0.309 e. The van der Waals surface area contributed by atoms with Gasteiger partial charge in [0.05, 0.1) is 55.2 Å². The first-order chi connectivity index (χ1) is 63.0. The van der Waals surface area contributed by atoms with Gasteiger partial charge < -0.3 is 22.8 Å². The Morgan fingerprint density at radius 3 is 0.758 bits per heavy atom. The molecule has 5 aromatic heterocycles. The summed E-state index contributed by atoms with van der Waals surface area (Å²) in [6.07, 6.45) is 0. The molecule has 5 heterocycles. The number of hydrogen-bond acceptors (Lipinski definition) is 0. The van der Waals surface area contributed by atoms with E-state index in [2.05, 4.69) is 531 Å². The van der Waals surface area contributed by atoms with Crippen molar-refractivity contribution < 1.29 is 0 Å². The van der Waals surface area contributed by atoms with Crippen LogP contribution in [-0.2, 0) is 0 Å². The number of nitrogens with zero attached hydrogens (tertiary/aromatic N) is 5. The molecule has 20 aromatic carbocycles. The predicted molar refractivity (Wildman–Crippen MR) is 547 cm³/mol. The van der Waals surface area contributed by atoms with E-state index in [4.69, 9.17) is 0 Å². The van der Waals surface area contributed by atoms with Crippen molar-refractivity contribution in [3.63, 3.8) is 0 Å². The summed E-state index contributed by atoms with van der Waals surface area (Å²) in [5.74, 6) is 0. The zero-order valence-corrected chi connectivity index (χ0v) is 72.3. The lowest BCUT2D eigenvalue weighted by atomic mass is 9.98. The number of aromatic nitrogens is 5. The van der Waals surface area contributed by atoms with Crippen LogP contribution in [0.1, 0.15) is 27.8 Å². The second kappa shape index (κ2) is 34.4. The molecule has 0 radical (unpaired) electrons. The highest BCUT2D eigenvalue weighted by molar-refractivity contribution is 6.14. The van der Waals surface area contributed by atoms with Crippen molar-refractivity contribution >= 4 is 120 Å². The first-order valence-electron chi connectivity index (χ1n) is 44.2. The van der Waals surface area contributed by atoms with Crippen LogP contribution in [0.25, 0.3) is 193 Å². The smallest absolute Gasteiger partial charge is 0.0547 e. The average Bonchev–Trinajstić information content (AvgIpc) is 1.45. The van der Waals surface area contributed by atoms with Crippen molar-refractivity contribution in [1.29, 1.82) is 0 Å².